The Morgan fingerprint density at radius 1 is 0.882 bits per heavy atom. The average molecular weight is 869 g/mol. The van der Waals surface area contributed by atoms with Gasteiger partial charge >= 0.3 is 0 Å². The molecule has 1 atom stereocenters. The number of nitrogens with zero attached hydrogens (tertiary/aromatic N) is 1. The van der Waals surface area contributed by atoms with Crippen molar-refractivity contribution < 1.29 is 36.6 Å². The maximum atomic E-state index is 13.3. The van der Waals surface area contributed by atoms with Gasteiger partial charge in [-0.1, -0.05) is 93.7 Å². The minimum absolute atomic E-state index is 0.0270. The topological polar surface area (TPSA) is 113 Å². The van der Waals surface area contributed by atoms with Crippen molar-refractivity contribution in [3.05, 3.63) is 51.5 Å². The summed E-state index contributed by atoms with van der Waals surface area (Å²) in [6.45, 7) is 20.7. The number of hydrogen-bond acceptors (Lipinski definition) is 8. The third-order valence-electron chi connectivity index (χ3n) is 8.59. The number of sulfonamides is 1. The summed E-state index contributed by atoms with van der Waals surface area (Å²) in [6.07, 6.45) is 0.594. The fourth-order valence-electron chi connectivity index (χ4n) is 4.99. The zero-order chi connectivity index (χ0) is 38.5. The minimum atomic E-state index is -3.80. The number of nitrogens with one attached hydrogen (secondary N) is 1. The normalized spacial score (nSPS) is 13.2. The largest absolute Gasteiger partial charge is 0.482 e. The summed E-state index contributed by atoms with van der Waals surface area (Å²) in [7, 11) is -8.72. The van der Waals surface area contributed by atoms with Gasteiger partial charge in [-0.05, 0) is 66.1 Å². The van der Waals surface area contributed by atoms with Crippen LogP contribution in [0.5, 0.6) is 11.5 Å². The molecule has 1 unspecified atom stereocenters. The zero-order valence-corrected chi connectivity index (χ0v) is 38.4. The van der Waals surface area contributed by atoms with E-state index in [1.54, 1.807) is 30.3 Å². The maximum Gasteiger partial charge on any atom is 0.258 e. The van der Waals surface area contributed by atoms with Crippen LogP contribution >= 0.6 is 27.5 Å². The Bertz CT molecular complexity index is 1500. The van der Waals surface area contributed by atoms with E-state index in [-0.39, 0.29) is 32.6 Å². The van der Waals surface area contributed by atoms with Gasteiger partial charge < -0.3 is 28.7 Å². The molecule has 10 nitrogen and oxygen atoms in total. The third-order valence-corrected chi connectivity index (χ3v) is 18.5. The molecule has 2 aromatic rings. The van der Waals surface area contributed by atoms with Crippen LogP contribution in [0.2, 0.25) is 74.5 Å². The van der Waals surface area contributed by atoms with Gasteiger partial charge in [0.25, 0.3) is 5.91 Å². The van der Waals surface area contributed by atoms with E-state index in [0.29, 0.717) is 41.0 Å². The fraction of sp³-hybridized carbons (Fsp3) is 0.629. The molecule has 0 saturated carbocycles. The highest BCUT2D eigenvalue weighted by Crippen LogP contribution is 2.37. The van der Waals surface area contributed by atoms with E-state index in [1.165, 1.54) is 4.31 Å². The molecule has 0 aliphatic heterocycles. The summed E-state index contributed by atoms with van der Waals surface area (Å²) >= 11 is 9.65. The van der Waals surface area contributed by atoms with Crippen LogP contribution in [0.3, 0.4) is 0 Å². The molecule has 0 aromatic heterocycles. The molecule has 0 saturated heterocycles. The summed E-state index contributed by atoms with van der Waals surface area (Å²) in [6, 6.07) is 15.1. The van der Waals surface area contributed by atoms with Gasteiger partial charge in [-0.25, -0.2) is 12.7 Å². The summed E-state index contributed by atoms with van der Waals surface area (Å²) in [5, 5.41) is 3.36. The molecule has 1 N–H and O–H groups in total. The number of rotatable bonds is 24. The molecule has 2 rings (SSSR count). The van der Waals surface area contributed by atoms with Crippen LogP contribution in [0, 0.1) is 0 Å². The van der Waals surface area contributed by atoms with Gasteiger partial charge in [0, 0.05) is 40.4 Å². The standard InChI is InChI=1S/C35H60BrClN2O8SSi3/c1-11-51(12-2,13-3)47-34(24-38-35(40)25-45-32-17-15-29(36)23-30(32)37)28-14-16-33(46-27-44-19-21-50(8,9)10)31(22-28)39(48(4,41)42)26-43-18-20-49(5,6)7/h14-17,22-23,34H,11-13,18-21,24-27H2,1-10H3,(H,38,40). The molecule has 2 aromatic carbocycles. The maximum absolute atomic E-state index is 13.3. The highest BCUT2D eigenvalue weighted by atomic mass is 79.9. The van der Waals surface area contributed by atoms with E-state index in [9.17, 15) is 13.2 Å². The second-order valence-corrected chi connectivity index (χ2v) is 34.4. The molecule has 16 heteroatoms. The van der Waals surface area contributed by atoms with Gasteiger partial charge in [-0.2, -0.15) is 0 Å². The number of hydrogen-bond donors (Lipinski definition) is 1. The number of ether oxygens (including phenoxy) is 4. The van der Waals surface area contributed by atoms with Crippen LogP contribution in [0.1, 0.15) is 32.4 Å². The Morgan fingerprint density at radius 2 is 1.47 bits per heavy atom. The second kappa shape index (κ2) is 20.9. The number of benzene rings is 2. The lowest BCUT2D eigenvalue weighted by molar-refractivity contribution is -0.123. The summed E-state index contributed by atoms with van der Waals surface area (Å²) in [5.41, 5.74) is 1.03. The molecule has 0 aliphatic rings. The minimum Gasteiger partial charge on any atom is -0.482 e. The molecule has 0 heterocycles. The Hall–Kier alpha value is -1.44. The van der Waals surface area contributed by atoms with Gasteiger partial charge in [0.15, 0.2) is 21.7 Å². The molecule has 51 heavy (non-hydrogen) atoms. The van der Waals surface area contributed by atoms with Gasteiger partial charge in [-0.3, -0.25) is 4.79 Å². The van der Waals surface area contributed by atoms with Gasteiger partial charge in [0.2, 0.25) is 10.0 Å². The molecular weight excluding hydrogens is 808 g/mol. The lowest BCUT2D eigenvalue weighted by Crippen LogP contribution is -2.41. The second-order valence-electron chi connectivity index (χ2n) is 15.2. The SMILES string of the molecule is CC[Si](CC)(CC)OC(CNC(=O)COc1ccc(Br)cc1Cl)c1ccc(OCOCC[Si](C)(C)C)c(N(COCC[Si](C)(C)C)S(C)(=O)=O)c1. The lowest BCUT2D eigenvalue weighted by Gasteiger charge is -2.34. The molecule has 290 valence electrons. The number of carbonyl (C=O) groups excluding carboxylic acids is 1. The predicted octanol–water partition coefficient (Wildman–Crippen LogP) is 9.13. The van der Waals surface area contributed by atoms with Crippen molar-refractivity contribution >= 4 is 73.6 Å². The molecule has 0 aliphatic carbocycles. The van der Waals surface area contributed by atoms with Crippen LogP contribution in [-0.2, 0) is 28.7 Å². The number of amides is 1. The van der Waals surface area contributed by atoms with Crippen molar-refractivity contribution in [1.29, 1.82) is 0 Å². The van der Waals surface area contributed by atoms with E-state index in [2.05, 4.69) is 81.3 Å². The van der Waals surface area contributed by atoms with Crippen molar-refractivity contribution in [1.82, 2.24) is 5.32 Å². The molecule has 0 bridgehead atoms. The Kier molecular flexibility index (Phi) is 18.7. The van der Waals surface area contributed by atoms with E-state index < -0.39 is 40.6 Å². The van der Waals surface area contributed by atoms with E-state index >= 15 is 0 Å². The first kappa shape index (κ1) is 45.7. The van der Waals surface area contributed by atoms with Gasteiger partial charge in [0.1, 0.15) is 18.2 Å². The first-order valence-electron chi connectivity index (χ1n) is 17.6. The van der Waals surface area contributed by atoms with E-state index in [4.69, 9.17) is 35.0 Å². The van der Waals surface area contributed by atoms with Gasteiger partial charge in [0.05, 0.1) is 23.1 Å². The van der Waals surface area contributed by atoms with Crippen LogP contribution in [0.25, 0.3) is 0 Å². The monoisotopic (exact) mass is 866 g/mol. The highest BCUT2D eigenvalue weighted by Gasteiger charge is 2.34. The zero-order valence-electron chi connectivity index (χ0n) is 32.2. The first-order chi connectivity index (χ1) is 23.7. The lowest BCUT2D eigenvalue weighted by atomic mass is 10.1. The summed E-state index contributed by atoms with van der Waals surface area (Å²) in [4.78, 5) is 13.1. The Balaban J connectivity index is 2.47. The highest BCUT2D eigenvalue weighted by molar-refractivity contribution is 9.10. The molecule has 0 radical (unpaired) electrons. The summed E-state index contributed by atoms with van der Waals surface area (Å²) in [5.74, 6) is 0.400. The van der Waals surface area contributed by atoms with Crippen molar-refractivity contribution in [2.45, 2.75) is 96.4 Å². The van der Waals surface area contributed by atoms with Crippen LogP contribution < -0.4 is 19.1 Å². The number of halogens is 2. The van der Waals surface area contributed by atoms with Gasteiger partial charge in [-0.15, -0.1) is 0 Å². The molecule has 0 spiro atoms. The average Bonchev–Trinajstić information content (AvgIpc) is 3.03. The quantitative estimate of drug-likeness (QED) is 0.0632. The predicted molar refractivity (Wildman–Crippen MR) is 221 cm³/mol. The van der Waals surface area contributed by atoms with Crippen molar-refractivity contribution in [3.8, 4) is 11.5 Å². The smallest absolute Gasteiger partial charge is 0.258 e. The van der Waals surface area contributed by atoms with Crippen LogP contribution in [0.15, 0.2) is 40.9 Å². The number of carbonyl (C=O) groups is 1. The molecular formula is C35H60BrClN2O8SSi3. The molecule has 1 amide bonds. The fourth-order valence-corrected chi connectivity index (χ4v) is 10.8. The van der Waals surface area contributed by atoms with Crippen LogP contribution in [0.4, 0.5) is 5.69 Å². The van der Waals surface area contributed by atoms with Crippen molar-refractivity contribution in [2.24, 2.45) is 0 Å². The Morgan fingerprint density at radius 3 is 2.02 bits per heavy atom. The van der Waals surface area contributed by atoms with Crippen LogP contribution in [-0.4, -0.2) is 84.9 Å². The van der Waals surface area contributed by atoms with Crippen molar-refractivity contribution in [3.63, 3.8) is 0 Å². The number of anilines is 1. The first-order valence-corrected chi connectivity index (χ1v) is 30.6. The third kappa shape index (κ3) is 16.6. The Labute approximate surface area is 323 Å². The summed E-state index contributed by atoms with van der Waals surface area (Å²) < 4.78 is 59.2. The van der Waals surface area contributed by atoms with E-state index in [1.807, 2.05) is 6.07 Å². The van der Waals surface area contributed by atoms with E-state index in [0.717, 1.165) is 40.9 Å². The molecule has 0 fully saturated rings. The van der Waals surface area contributed by atoms with Crippen molar-refractivity contribution in [2.75, 3.05) is 50.5 Å².